The number of hydrogen-bond donors (Lipinski definition) is 2. The summed E-state index contributed by atoms with van der Waals surface area (Å²) in [5.41, 5.74) is -0.290. The lowest BCUT2D eigenvalue weighted by Crippen LogP contribution is -2.42. The molecule has 19 heavy (non-hydrogen) atoms. The Morgan fingerprint density at radius 3 is 2.32 bits per heavy atom. The number of aromatic nitrogens is 2. The van der Waals surface area contributed by atoms with Crippen LogP contribution in [0.5, 0.6) is 5.75 Å². The van der Waals surface area contributed by atoms with Crippen molar-refractivity contribution in [3.8, 4) is 5.75 Å². The highest BCUT2D eigenvalue weighted by Gasteiger charge is 2.36. The monoisotopic (exact) mass is 265 g/mol. The highest BCUT2D eigenvalue weighted by Crippen LogP contribution is 2.40. The highest BCUT2D eigenvalue weighted by atomic mass is 16.5. The summed E-state index contributed by atoms with van der Waals surface area (Å²) in [6, 6.07) is 0. The molecule has 2 N–H and O–H groups in total. The van der Waals surface area contributed by atoms with Crippen molar-refractivity contribution >= 4 is 5.95 Å². The maximum absolute atomic E-state index is 10.5. The zero-order valence-electron chi connectivity index (χ0n) is 11.9. The Morgan fingerprint density at radius 2 is 1.79 bits per heavy atom. The first-order valence-corrected chi connectivity index (χ1v) is 6.75. The van der Waals surface area contributed by atoms with Crippen LogP contribution in [0.25, 0.3) is 0 Å². The Bertz CT molecular complexity index is 407. The van der Waals surface area contributed by atoms with Gasteiger partial charge in [-0.1, -0.05) is 13.8 Å². The lowest BCUT2D eigenvalue weighted by atomic mass is 9.71. The fourth-order valence-corrected chi connectivity index (χ4v) is 2.33. The quantitative estimate of drug-likeness (QED) is 0.874. The molecular weight excluding hydrogens is 242 g/mol. The Morgan fingerprint density at radius 1 is 1.21 bits per heavy atom. The summed E-state index contributed by atoms with van der Waals surface area (Å²) in [7, 11) is 1.58. The van der Waals surface area contributed by atoms with Crippen LogP contribution in [-0.2, 0) is 0 Å². The molecule has 0 radical (unpaired) electrons. The van der Waals surface area contributed by atoms with E-state index >= 15 is 0 Å². The normalized spacial score (nSPS) is 20.8. The number of hydrogen-bond acceptors (Lipinski definition) is 5. The van der Waals surface area contributed by atoms with Gasteiger partial charge in [-0.3, -0.25) is 0 Å². The third-order valence-corrected chi connectivity index (χ3v) is 3.97. The van der Waals surface area contributed by atoms with Gasteiger partial charge in [-0.2, -0.15) is 0 Å². The van der Waals surface area contributed by atoms with Crippen molar-refractivity contribution in [3.05, 3.63) is 12.4 Å². The molecule has 5 nitrogen and oxygen atoms in total. The summed E-state index contributed by atoms with van der Waals surface area (Å²) in [4.78, 5) is 8.27. The van der Waals surface area contributed by atoms with Crippen LogP contribution >= 0.6 is 0 Å². The molecule has 0 amide bonds. The molecule has 1 aromatic heterocycles. The van der Waals surface area contributed by atoms with Gasteiger partial charge in [-0.25, -0.2) is 9.97 Å². The van der Waals surface area contributed by atoms with E-state index < -0.39 is 5.60 Å². The number of methoxy groups -OCH3 is 1. The van der Waals surface area contributed by atoms with Gasteiger partial charge in [-0.05, 0) is 31.1 Å². The van der Waals surface area contributed by atoms with Crippen molar-refractivity contribution in [3.63, 3.8) is 0 Å². The fraction of sp³-hybridized carbons (Fsp3) is 0.714. The number of rotatable bonds is 4. The molecule has 0 saturated heterocycles. The van der Waals surface area contributed by atoms with Crippen molar-refractivity contribution in [1.29, 1.82) is 0 Å². The molecule has 1 aromatic rings. The third kappa shape index (κ3) is 3.80. The van der Waals surface area contributed by atoms with E-state index in [0.29, 0.717) is 23.7 Å². The van der Waals surface area contributed by atoms with E-state index in [1.165, 1.54) is 0 Å². The standard InChI is InChI=1S/C14H23N3O2/c1-13(2)4-6-14(18,7-5-13)10-17-12-15-8-11(19-3)9-16-12/h8-9,18H,4-7,10H2,1-3H3,(H,15,16,17). The molecule has 2 rings (SSSR count). The maximum atomic E-state index is 10.5. The molecule has 1 saturated carbocycles. The number of anilines is 1. The molecule has 0 unspecified atom stereocenters. The molecule has 0 spiro atoms. The summed E-state index contributed by atoms with van der Waals surface area (Å²) in [5.74, 6) is 1.16. The number of ether oxygens (including phenoxy) is 1. The molecule has 1 heterocycles. The van der Waals surface area contributed by atoms with Gasteiger partial charge in [0.25, 0.3) is 0 Å². The van der Waals surface area contributed by atoms with Gasteiger partial charge in [0.15, 0.2) is 5.75 Å². The van der Waals surface area contributed by atoms with Crippen LogP contribution in [-0.4, -0.2) is 34.3 Å². The average molecular weight is 265 g/mol. The summed E-state index contributed by atoms with van der Waals surface area (Å²) in [6.07, 6.45) is 6.97. The van der Waals surface area contributed by atoms with Crippen molar-refractivity contribution < 1.29 is 9.84 Å². The molecule has 1 aliphatic rings. The fourth-order valence-electron chi connectivity index (χ4n) is 2.33. The Labute approximate surface area is 114 Å². The second kappa shape index (κ2) is 5.33. The van der Waals surface area contributed by atoms with Crippen molar-refractivity contribution in [1.82, 2.24) is 9.97 Å². The molecule has 5 heteroatoms. The van der Waals surface area contributed by atoms with Crippen molar-refractivity contribution in [2.75, 3.05) is 19.0 Å². The molecular formula is C14H23N3O2. The smallest absolute Gasteiger partial charge is 0.222 e. The van der Waals surface area contributed by atoms with E-state index in [-0.39, 0.29) is 0 Å². The van der Waals surface area contributed by atoms with E-state index in [4.69, 9.17) is 4.74 Å². The second-order valence-corrected chi connectivity index (χ2v) is 6.19. The second-order valence-electron chi connectivity index (χ2n) is 6.19. The maximum Gasteiger partial charge on any atom is 0.222 e. The third-order valence-electron chi connectivity index (χ3n) is 3.97. The minimum Gasteiger partial charge on any atom is -0.494 e. The van der Waals surface area contributed by atoms with E-state index in [1.807, 2.05) is 0 Å². The first-order valence-electron chi connectivity index (χ1n) is 6.75. The van der Waals surface area contributed by atoms with Crippen LogP contribution in [0.15, 0.2) is 12.4 Å². The average Bonchev–Trinajstić information content (AvgIpc) is 2.41. The van der Waals surface area contributed by atoms with Crippen LogP contribution in [0.1, 0.15) is 39.5 Å². The zero-order valence-corrected chi connectivity index (χ0v) is 11.9. The largest absolute Gasteiger partial charge is 0.494 e. The summed E-state index contributed by atoms with van der Waals surface area (Å²) >= 11 is 0. The number of aliphatic hydroxyl groups is 1. The molecule has 0 atom stereocenters. The van der Waals surface area contributed by atoms with Crippen LogP contribution in [0.2, 0.25) is 0 Å². The lowest BCUT2D eigenvalue weighted by Gasteiger charge is -2.40. The van der Waals surface area contributed by atoms with Crippen LogP contribution < -0.4 is 10.1 Å². The van der Waals surface area contributed by atoms with Gasteiger partial charge in [0.1, 0.15) is 0 Å². The van der Waals surface area contributed by atoms with Gasteiger partial charge < -0.3 is 15.2 Å². The highest BCUT2D eigenvalue weighted by molar-refractivity contribution is 5.27. The zero-order chi connectivity index (χ0) is 13.9. The molecule has 0 bridgehead atoms. The van der Waals surface area contributed by atoms with Crippen LogP contribution in [0.4, 0.5) is 5.95 Å². The lowest BCUT2D eigenvalue weighted by molar-refractivity contribution is -0.0146. The number of nitrogens with one attached hydrogen (secondary N) is 1. The first kappa shape index (κ1) is 14.1. The SMILES string of the molecule is COc1cnc(NCC2(O)CCC(C)(C)CC2)nc1. The molecule has 106 valence electrons. The van der Waals surface area contributed by atoms with E-state index in [9.17, 15) is 5.11 Å². The van der Waals surface area contributed by atoms with Gasteiger partial charge >= 0.3 is 0 Å². The van der Waals surface area contributed by atoms with Crippen molar-refractivity contribution in [2.45, 2.75) is 45.1 Å². The predicted molar refractivity (Wildman–Crippen MR) is 74.3 cm³/mol. The summed E-state index contributed by atoms with van der Waals surface area (Å²) in [6.45, 7) is 5.01. The van der Waals surface area contributed by atoms with Gasteiger partial charge in [0.2, 0.25) is 5.95 Å². The van der Waals surface area contributed by atoms with E-state index in [1.54, 1.807) is 19.5 Å². The van der Waals surface area contributed by atoms with E-state index in [0.717, 1.165) is 25.7 Å². The predicted octanol–water partition coefficient (Wildman–Crippen LogP) is 2.23. The minimum atomic E-state index is -0.640. The molecule has 0 aromatic carbocycles. The summed E-state index contributed by atoms with van der Waals surface area (Å²) in [5, 5.41) is 13.6. The Balaban J connectivity index is 1.87. The molecule has 1 aliphatic carbocycles. The first-order chi connectivity index (χ1) is 8.92. The molecule has 0 aliphatic heterocycles. The van der Waals surface area contributed by atoms with Gasteiger partial charge in [-0.15, -0.1) is 0 Å². The minimum absolute atomic E-state index is 0.350. The Hall–Kier alpha value is -1.36. The Kier molecular flexibility index (Phi) is 3.94. The van der Waals surface area contributed by atoms with Gasteiger partial charge in [0.05, 0.1) is 25.1 Å². The van der Waals surface area contributed by atoms with Crippen molar-refractivity contribution in [2.24, 2.45) is 5.41 Å². The van der Waals surface area contributed by atoms with E-state index in [2.05, 4.69) is 29.1 Å². The molecule has 1 fully saturated rings. The van der Waals surface area contributed by atoms with Crippen LogP contribution in [0, 0.1) is 5.41 Å². The van der Waals surface area contributed by atoms with Crippen LogP contribution in [0.3, 0.4) is 0 Å². The number of nitrogens with zero attached hydrogens (tertiary/aromatic N) is 2. The van der Waals surface area contributed by atoms with Gasteiger partial charge in [0, 0.05) is 6.54 Å². The summed E-state index contributed by atoms with van der Waals surface area (Å²) < 4.78 is 5.00. The topological polar surface area (TPSA) is 67.3 Å².